The van der Waals surface area contributed by atoms with Crippen molar-refractivity contribution in [1.82, 2.24) is 14.4 Å². The molecule has 184 valence electrons. The highest BCUT2D eigenvalue weighted by atomic mass is 16.5. The van der Waals surface area contributed by atoms with E-state index in [1.165, 1.54) is 26.4 Å². The number of hydrogen-bond donors (Lipinski definition) is 0. The van der Waals surface area contributed by atoms with Gasteiger partial charge in [-0.2, -0.15) is 0 Å². The Bertz CT molecular complexity index is 941. The number of ether oxygens (including phenoxy) is 1. The number of amides is 2. The highest BCUT2D eigenvalue weighted by Gasteiger charge is 2.57. The van der Waals surface area contributed by atoms with E-state index in [1.807, 2.05) is 26.6 Å². The third kappa shape index (κ3) is 3.57. The van der Waals surface area contributed by atoms with Crippen molar-refractivity contribution in [3.63, 3.8) is 0 Å². The second-order valence-electron chi connectivity index (χ2n) is 11.7. The van der Waals surface area contributed by atoms with Crippen LogP contribution in [0.1, 0.15) is 80.7 Å². The highest BCUT2D eigenvalue weighted by molar-refractivity contribution is 5.91. The van der Waals surface area contributed by atoms with Gasteiger partial charge in [-0.05, 0) is 94.1 Å². The first-order valence-corrected chi connectivity index (χ1v) is 13.3. The zero-order valence-corrected chi connectivity index (χ0v) is 20.3. The summed E-state index contributed by atoms with van der Waals surface area (Å²) in [5, 5.41) is 0. The molecule has 1 aromatic heterocycles. The molecule has 4 aliphatic carbocycles. The zero-order valence-electron chi connectivity index (χ0n) is 20.3. The molecule has 7 heteroatoms. The fourth-order valence-electron chi connectivity index (χ4n) is 8.51. The number of rotatable bonds is 4. The van der Waals surface area contributed by atoms with Crippen molar-refractivity contribution in [3.8, 4) is 0 Å². The smallest absolute Gasteiger partial charge is 0.354 e. The van der Waals surface area contributed by atoms with Crippen molar-refractivity contribution in [1.29, 1.82) is 0 Å². The lowest BCUT2D eigenvalue weighted by molar-refractivity contribution is -0.162. The lowest BCUT2D eigenvalue weighted by atomic mass is 9.49. The van der Waals surface area contributed by atoms with Crippen molar-refractivity contribution in [2.75, 3.05) is 26.7 Å². The van der Waals surface area contributed by atoms with Gasteiger partial charge in [0, 0.05) is 31.9 Å². The van der Waals surface area contributed by atoms with Gasteiger partial charge in [0.2, 0.25) is 11.8 Å². The molecule has 34 heavy (non-hydrogen) atoms. The Labute approximate surface area is 201 Å². The molecule has 6 aliphatic rings. The first-order chi connectivity index (χ1) is 16.5. The summed E-state index contributed by atoms with van der Waals surface area (Å²) in [6, 6.07) is 3.56. The van der Waals surface area contributed by atoms with Crippen LogP contribution in [0.5, 0.6) is 0 Å². The number of aromatic nitrogens is 1. The number of carbonyl (C=O) groups is 3. The Morgan fingerprint density at radius 1 is 0.941 bits per heavy atom. The summed E-state index contributed by atoms with van der Waals surface area (Å²) >= 11 is 0. The Hall–Kier alpha value is -2.31. The van der Waals surface area contributed by atoms with Crippen molar-refractivity contribution in [2.45, 2.75) is 76.3 Å². The van der Waals surface area contributed by atoms with E-state index in [-0.39, 0.29) is 29.4 Å². The largest absolute Gasteiger partial charge is 0.464 e. The average molecular weight is 468 g/mol. The van der Waals surface area contributed by atoms with Gasteiger partial charge in [0.1, 0.15) is 11.7 Å². The lowest BCUT2D eigenvalue weighted by Crippen LogP contribution is -2.58. The fourth-order valence-corrected chi connectivity index (χ4v) is 8.51. The van der Waals surface area contributed by atoms with Crippen molar-refractivity contribution in [3.05, 3.63) is 24.0 Å². The maximum atomic E-state index is 13.9. The van der Waals surface area contributed by atoms with Crippen LogP contribution in [0.15, 0.2) is 18.3 Å². The first-order valence-electron chi connectivity index (χ1n) is 13.3. The maximum Gasteiger partial charge on any atom is 0.354 e. The molecule has 4 saturated carbocycles. The second-order valence-corrected chi connectivity index (χ2v) is 11.7. The van der Waals surface area contributed by atoms with E-state index in [9.17, 15) is 14.4 Å². The second kappa shape index (κ2) is 8.42. The summed E-state index contributed by atoms with van der Waals surface area (Å²) in [4.78, 5) is 43.6. The molecule has 2 saturated heterocycles. The summed E-state index contributed by atoms with van der Waals surface area (Å²) in [6.45, 7) is 2.07. The molecule has 3 heterocycles. The van der Waals surface area contributed by atoms with Gasteiger partial charge in [0.15, 0.2) is 0 Å². The number of carbonyl (C=O) groups excluding carboxylic acids is 3. The Balaban J connectivity index is 1.12. The number of methoxy groups -OCH3 is 1. The van der Waals surface area contributed by atoms with Gasteiger partial charge in [0.05, 0.1) is 12.5 Å². The van der Waals surface area contributed by atoms with Gasteiger partial charge in [-0.3, -0.25) is 9.59 Å². The molecular weight excluding hydrogens is 430 g/mol. The number of likely N-dealkylation sites (tertiary alicyclic amines) is 2. The highest BCUT2D eigenvalue weighted by Crippen LogP contribution is 2.60. The Kier molecular flexibility index (Phi) is 5.49. The average Bonchev–Trinajstić information content (AvgIpc) is 3.52. The van der Waals surface area contributed by atoms with E-state index in [0.717, 1.165) is 69.2 Å². The fraction of sp³-hybridized carbons (Fsp3) is 0.741. The minimum Gasteiger partial charge on any atom is -0.464 e. The zero-order chi connectivity index (χ0) is 23.4. The molecule has 2 amide bonds. The van der Waals surface area contributed by atoms with Gasteiger partial charge < -0.3 is 19.1 Å². The molecule has 0 spiro atoms. The molecule has 7 nitrogen and oxygen atoms in total. The molecule has 7 rings (SSSR count). The third-order valence-corrected chi connectivity index (χ3v) is 9.63. The minimum absolute atomic E-state index is 0.134. The number of hydrogen-bond acceptors (Lipinski definition) is 4. The van der Waals surface area contributed by atoms with Crippen LogP contribution in [0.3, 0.4) is 0 Å². The minimum atomic E-state index is -0.326. The van der Waals surface area contributed by atoms with Crippen LogP contribution in [-0.2, 0) is 14.3 Å². The summed E-state index contributed by atoms with van der Waals surface area (Å²) in [6.07, 6.45) is 12.4. The topological polar surface area (TPSA) is 71.8 Å². The predicted molar refractivity (Wildman–Crippen MR) is 126 cm³/mol. The van der Waals surface area contributed by atoms with E-state index in [1.54, 1.807) is 6.07 Å². The molecule has 0 N–H and O–H groups in total. The molecule has 0 radical (unpaired) electrons. The van der Waals surface area contributed by atoms with Gasteiger partial charge in [-0.25, -0.2) is 4.79 Å². The maximum absolute atomic E-state index is 13.9. The summed E-state index contributed by atoms with van der Waals surface area (Å²) in [7, 11) is 1.40. The molecule has 0 aromatic carbocycles. The van der Waals surface area contributed by atoms with Crippen molar-refractivity contribution in [2.24, 2.45) is 23.2 Å². The van der Waals surface area contributed by atoms with Crippen molar-refractivity contribution >= 4 is 17.8 Å². The summed E-state index contributed by atoms with van der Waals surface area (Å²) < 4.78 is 6.90. The van der Waals surface area contributed by atoms with Gasteiger partial charge in [-0.1, -0.05) is 0 Å². The number of esters is 1. The SMILES string of the molecule is COC(=O)c1cccn1C1CCN(C(=O)C2CCCN2C(=O)C23CC4CC(CC(C4)C2)C3)CC1. The molecule has 1 atom stereocenters. The van der Waals surface area contributed by atoms with Crippen molar-refractivity contribution < 1.29 is 19.1 Å². The van der Waals surface area contributed by atoms with Crippen LogP contribution in [0, 0.1) is 23.2 Å². The van der Waals surface area contributed by atoms with Gasteiger partial charge >= 0.3 is 5.97 Å². The van der Waals surface area contributed by atoms with Crippen LogP contribution >= 0.6 is 0 Å². The molecule has 4 bridgehead atoms. The first kappa shape index (κ1) is 22.2. The summed E-state index contributed by atoms with van der Waals surface area (Å²) in [5.74, 6) is 2.30. The van der Waals surface area contributed by atoms with E-state index < -0.39 is 0 Å². The predicted octanol–water partition coefficient (Wildman–Crippen LogP) is 3.65. The van der Waals surface area contributed by atoms with Crippen LogP contribution in [0.4, 0.5) is 0 Å². The van der Waals surface area contributed by atoms with E-state index >= 15 is 0 Å². The van der Waals surface area contributed by atoms with Crippen LogP contribution in [0.2, 0.25) is 0 Å². The quantitative estimate of drug-likeness (QED) is 0.634. The van der Waals surface area contributed by atoms with E-state index in [4.69, 9.17) is 4.74 Å². The van der Waals surface area contributed by atoms with Crippen LogP contribution < -0.4 is 0 Å². The number of nitrogens with zero attached hydrogens (tertiary/aromatic N) is 3. The standard InChI is InChI=1S/C27H37N3O4/c1-34-25(32)23-5-3-8-29(23)21-6-10-28(11-7-21)24(31)22-4-2-9-30(22)26(33)27-15-18-12-19(16-27)14-20(13-18)17-27/h3,5,8,18-22H,2,4,6-7,9-17H2,1H3. The summed E-state index contributed by atoms with van der Waals surface area (Å²) in [5.41, 5.74) is 0.388. The van der Waals surface area contributed by atoms with E-state index in [2.05, 4.69) is 0 Å². The monoisotopic (exact) mass is 467 g/mol. The normalized spacial score (nSPS) is 35.1. The lowest BCUT2D eigenvalue weighted by Gasteiger charge is -2.56. The third-order valence-electron chi connectivity index (χ3n) is 9.63. The van der Waals surface area contributed by atoms with Crippen LogP contribution in [-0.4, -0.2) is 64.9 Å². The Morgan fingerprint density at radius 2 is 1.59 bits per heavy atom. The molecule has 1 aromatic rings. The molecule has 6 fully saturated rings. The van der Waals surface area contributed by atoms with Gasteiger partial charge in [0.25, 0.3) is 0 Å². The molecule has 2 aliphatic heterocycles. The van der Waals surface area contributed by atoms with E-state index in [0.29, 0.717) is 24.7 Å². The number of piperidine rings is 1. The van der Waals surface area contributed by atoms with Crippen LogP contribution in [0.25, 0.3) is 0 Å². The Morgan fingerprint density at radius 3 is 2.21 bits per heavy atom. The molecular formula is C27H37N3O4. The molecule has 1 unspecified atom stereocenters. The van der Waals surface area contributed by atoms with Gasteiger partial charge in [-0.15, -0.1) is 0 Å².